The lowest BCUT2D eigenvalue weighted by Crippen LogP contribution is -2.63. The summed E-state index contributed by atoms with van der Waals surface area (Å²) < 4.78 is 13.3. The smallest absolute Gasteiger partial charge is 0.164 e. The molecule has 2 aliphatic rings. The van der Waals surface area contributed by atoms with Crippen molar-refractivity contribution in [3.63, 3.8) is 0 Å². The minimum absolute atomic E-state index is 0.0532. The van der Waals surface area contributed by atoms with E-state index in [-0.39, 0.29) is 5.15 Å². The zero-order valence-electron chi connectivity index (χ0n) is 8.79. The van der Waals surface area contributed by atoms with Crippen LogP contribution in [-0.2, 0) is 0 Å². The second-order valence-corrected chi connectivity index (χ2v) is 4.80. The number of nitrogens with one attached hydrogen (secondary N) is 1. The molecule has 2 fully saturated rings. The highest BCUT2D eigenvalue weighted by atomic mass is 35.5. The highest BCUT2D eigenvalue weighted by molar-refractivity contribution is 6.29. The van der Waals surface area contributed by atoms with E-state index in [2.05, 4.69) is 15.2 Å². The highest BCUT2D eigenvalue weighted by Crippen LogP contribution is 2.34. The van der Waals surface area contributed by atoms with Crippen molar-refractivity contribution in [1.82, 2.24) is 10.3 Å². The maximum absolute atomic E-state index is 13.3. The van der Waals surface area contributed by atoms with E-state index in [1.165, 1.54) is 12.5 Å². The molecule has 0 amide bonds. The number of fused-ring (bicyclic) bond motifs is 1. The largest absolute Gasteiger partial charge is 0.365 e. The van der Waals surface area contributed by atoms with Crippen molar-refractivity contribution >= 4 is 17.3 Å². The molecular formula is C11H13ClFN3. The first-order chi connectivity index (χ1) is 7.75. The van der Waals surface area contributed by atoms with E-state index in [0.717, 1.165) is 31.2 Å². The third-order valence-corrected chi connectivity index (χ3v) is 3.81. The van der Waals surface area contributed by atoms with Gasteiger partial charge in [0.05, 0.1) is 11.9 Å². The van der Waals surface area contributed by atoms with E-state index in [1.807, 2.05) is 0 Å². The monoisotopic (exact) mass is 241 g/mol. The van der Waals surface area contributed by atoms with Crippen molar-refractivity contribution < 1.29 is 4.39 Å². The van der Waals surface area contributed by atoms with Crippen LogP contribution in [0.1, 0.15) is 6.42 Å². The molecule has 0 spiro atoms. The molecule has 0 saturated carbocycles. The van der Waals surface area contributed by atoms with Crippen molar-refractivity contribution in [2.75, 3.05) is 24.5 Å². The summed E-state index contributed by atoms with van der Waals surface area (Å²) in [5, 5.41) is 3.31. The quantitative estimate of drug-likeness (QED) is 0.759. The maximum atomic E-state index is 13.3. The average Bonchev–Trinajstić information content (AvgIpc) is 2.25. The van der Waals surface area contributed by atoms with Crippen LogP contribution in [0.5, 0.6) is 0 Å². The first kappa shape index (κ1) is 10.3. The standard InChI is InChI=1S/C11H13ClFN3/c12-11-9(13)3-8(4-15-11)16-6-7-1-2-14-5-10(7)16/h3-4,7,10,14H,1-2,5-6H2/t7-,10-/m0/s1. The van der Waals surface area contributed by atoms with Crippen LogP contribution in [0.25, 0.3) is 0 Å². The number of pyridine rings is 1. The molecule has 16 heavy (non-hydrogen) atoms. The summed E-state index contributed by atoms with van der Waals surface area (Å²) >= 11 is 5.57. The van der Waals surface area contributed by atoms with Gasteiger partial charge in [0, 0.05) is 25.2 Å². The SMILES string of the molecule is Fc1cc(N2C[C@@H]3CCNC[C@@H]32)cnc1Cl. The van der Waals surface area contributed by atoms with Gasteiger partial charge in [0.15, 0.2) is 11.0 Å². The zero-order valence-corrected chi connectivity index (χ0v) is 9.54. The second-order valence-electron chi connectivity index (χ2n) is 4.44. The molecule has 5 heteroatoms. The van der Waals surface area contributed by atoms with Crippen molar-refractivity contribution in [3.8, 4) is 0 Å². The summed E-state index contributed by atoms with van der Waals surface area (Å²) in [5.41, 5.74) is 0.840. The molecule has 0 unspecified atom stereocenters. The molecule has 2 saturated heterocycles. The zero-order chi connectivity index (χ0) is 11.1. The Morgan fingerprint density at radius 3 is 3.19 bits per heavy atom. The van der Waals surface area contributed by atoms with Gasteiger partial charge in [-0.2, -0.15) is 0 Å². The molecule has 3 nitrogen and oxygen atoms in total. The number of anilines is 1. The molecule has 3 rings (SSSR count). The van der Waals surface area contributed by atoms with Gasteiger partial charge in [0.1, 0.15) is 0 Å². The van der Waals surface area contributed by atoms with Crippen molar-refractivity contribution in [3.05, 3.63) is 23.2 Å². The number of halogens is 2. The molecule has 2 atom stereocenters. The molecule has 1 aromatic rings. The van der Waals surface area contributed by atoms with Crippen molar-refractivity contribution in [1.29, 1.82) is 0 Å². The first-order valence-corrected chi connectivity index (χ1v) is 5.92. The Bertz CT molecular complexity index is 412. The Balaban J connectivity index is 1.80. The van der Waals surface area contributed by atoms with Gasteiger partial charge >= 0.3 is 0 Å². The van der Waals surface area contributed by atoms with Crippen LogP contribution in [-0.4, -0.2) is 30.7 Å². The Kier molecular flexibility index (Phi) is 2.48. The molecule has 3 heterocycles. The van der Waals surface area contributed by atoms with Gasteiger partial charge in [-0.25, -0.2) is 9.37 Å². The maximum Gasteiger partial charge on any atom is 0.164 e. The van der Waals surface area contributed by atoms with Crippen LogP contribution in [0.4, 0.5) is 10.1 Å². The number of rotatable bonds is 1. The normalized spacial score (nSPS) is 28.5. The predicted octanol–water partition coefficient (Wildman–Crippen LogP) is 1.67. The fourth-order valence-corrected chi connectivity index (χ4v) is 2.69. The minimum atomic E-state index is -0.439. The van der Waals surface area contributed by atoms with Gasteiger partial charge in [-0.15, -0.1) is 0 Å². The Morgan fingerprint density at radius 2 is 2.44 bits per heavy atom. The van der Waals surface area contributed by atoms with E-state index in [9.17, 15) is 4.39 Å². The summed E-state index contributed by atoms with van der Waals surface area (Å²) in [6.45, 7) is 3.09. The third kappa shape index (κ3) is 1.57. The van der Waals surface area contributed by atoms with Crippen LogP contribution < -0.4 is 10.2 Å². The molecule has 2 aliphatic heterocycles. The molecule has 0 aromatic carbocycles. The summed E-state index contributed by atoms with van der Waals surface area (Å²) in [5.74, 6) is 0.311. The van der Waals surface area contributed by atoms with Crippen LogP contribution >= 0.6 is 11.6 Å². The minimum Gasteiger partial charge on any atom is -0.365 e. The van der Waals surface area contributed by atoms with Crippen LogP contribution in [0.2, 0.25) is 5.15 Å². The number of hydrogen-bond acceptors (Lipinski definition) is 3. The first-order valence-electron chi connectivity index (χ1n) is 5.54. The third-order valence-electron chi connectivity index (χ3n) is 3.53. The molecule has 0 bridgehead atoms. The van der Waals surface area contributed by atoms with E-state index in [4.69, 9.17) is 11.6 Å². The number of aromatic nitrogens is 1. The summed E-state index contributed by atoms with van der Waals surface area (Å²) in [7, 11) is 0. The van der Waals surface area contributed by atoms with Gasteiger partial charge in [-0.1, -0.05) is 11.6 Å². The molecule has 1 aromatic heterocycles. The van der Waals surface area contributed by atoms with Crippen molar-refractivity contribution in [2.24, 2.45) is 5.92 Å². The van der Waals surface area contributed by atoms with E-state index in [1.54, 1.807) is 6.20 Å². The number of hydrogen-bond donors (Lipinski definition) is 1. The van der Waals surface area contributed by atoms with Gasteiger partial charge < -0.3 is 10.2 Å². The fourth-order valence-electron chi connectivity index (χ4n) is 2.59. The highest BCUT2D eigenvalue weighted by Gasteiger charge is 2.40. The van der Waals surface area contributed by atoms with Gasteiger partial charge in [0.2, 0.25) is 0 Å². The topological polar surface area (TPSA) is 28.2 Å². The Hall–Kier alpha value is -0.870. The molecule has 1 N–H and O–H groups in total. The number of piperidine rings is 1. The van der Waals surface area contributed by atoms with Crippen LogP contribution in [0, 0.1) is 11.7 Å². The Morgan fingerprint density at radius 1 is 1.56 bits per heavy atom. The van der Waals surface area contributed by atoms with E-state index < -0.39 is 5.82 Å². The average molecular weight is 242 g/mol. The Labute approximate surface area is 98.6 Å². The lowest BCUT2D eigenvalue weighted by atomic mass is 9.83. The fraction of sp³-hybridized carbons (Fsp3) is 0.545. The van der Waals surface area contributed by atoms with Crippen LogP contribution in [0.15, 0.2) is 12.3 Å². The lowest BCUT2D eigenvalue weighted by Gasteiger charge is -2.52. The molecule has 86 valence electrons. The molecule has 0 aliphatic carbocycles. The van der Waals surface area contributed by atoms with Gasteiger partial charge in [-0.3, -0.25) is 0 Å². The predicted molar refractivity (Wildman–Crippen MR) is 61.3 cm³/mol. The second kappa shape index (κ2) is 3.86. The van der Waals surface area contributed by atoms with Crippen LogP contribution in [0.3, 0.4) is 0 Å². The summed E-state index contributed by atoms with van der Waals surface area (Å²) in [6.07, 6.45) is 2.86. The van der Waals surface area contributed by atoms with Gasteiger partial charge in [0.25, 0.3) is 0 Å². The van der Waals surface area contributed by atoms with Gasteiger partial charge in [-0.05, 0) is 18.9 Å². The van der Waals surface area contributed by atoms with E-state index >= 15 is 0 Å². The summed E-state index contributed by atoms with van der Waals surface area (Å²) in [4.78, 5) is 6.05. The molecular weight excluding hydrogens is 229 g/mol. The summed E-state index contributed by atoms with van der Waals surface area (Å²) in [6, 6.07) is 1.97. The van der Waals surface area contributed by atoms with Crippen molar-refractivity contribution in [2.45, 2.75) is 12.5 Å². The lowest BCUT2D eigenvalue weighted by molar-refractivity contribution is 0.229. The molecule has 0 radical (unpaired) electrons. The number of nitrogens with zero attached hydrogens (tertiary/aromatic N) is 2. The van der Waals surface area contributed by atoms with E-state index in [0.29, 0.717) is 6.04 Å².